The fourth-order valence-electron chi connectivity index (χ4n) is 3.76. The van der Waals surface area contributed by atoms with Gasteiger partial charge in [-0.1, -0.05) is 35.5 Å². The minimum atomic E-state index is -0.0415. The van der Waals surface area contributed by atoms with Crippen LogP contribution in [0.3, 0.4) is 0 Å². The normalized spacial score (nSPS) is 20.3. The molecule has 1 fully saturated rings. The molecule has 1 aromatic carbocycles. The number of aryl methyl sites for hydroxylation is 1. The zero-order valence-corrected chi connectivity index (χ0v) is 13.6. The van der Waals surface area contributed by atoms with E-state index in [1.807, 2.05) is 7.05 Å². The number of hydrogen-bond donors (Lipinski definition) is 0. The summed E-state index contributed by atoms with van der Waals surface area (Å²) in [4.78, 5) is 11.2. The third kappa shape index (κ3) is 2.09. The summed E-state index contributed by atoms with van der Waals surface area (Å²) < 4.78 is 1.69. The van der Waals surface area contributed by atoms with Crippen molar-refractivity contribution < 1.29 is 0 Å². The Kier molecular flexibility index (Phi) is 3.07. The Balaban J connectivity index is 1.78. The van der Waals surface area contributed by atoms with Crippen LogP contribution < -0.4 is 4.90 Å². The van der Waals surface area contributed by atoms with Crippen molar-refractivity contribution in [2.24, 2.45) is 7.05 Å². The van der Waals surface area contributed by atoms with Crippen molar-refractivity contribution in [1.29, 1.82) is 0 Å². The van der Waals surface area contributed by atoms with Crippen LogP contribution in [0.4, 0.5) is 5.82 Å². The molecule has 1 aliphatic heterocycles. The van der Waals surface area contributed by atoms with Crippen molar-refractivity contribution in [3.63, 3.8) is 0 Å². The van der Waals surface area contributed by atoms with Crippen molar-refractivity contribution in [3.8, 4) is 0 Å². The van der Waals surface area contributed by atoms with Gasteiger partial charge in [0, 0.05) is 25.0 Å². The lowest BCUT2D eigenvalue weighted by atomic mass is 9.83. The van der Waals surface area contributed by atoms with Crippen LogP contribution >= 0.6 is 0 Å². The lowest BCUT2D eigenvalue weighted by Crippen LogP contribution is -2.42. The topological polar surface area (TPSA) is 59.7 Å². The van der Waals surface area contributed by atoms with Crippen LogP contribution in [0.2, 0.25) is 0 Å². The molecule has 0 spiro atoms. The molecule has 0 radical (unpaired) electrons. The average molecular weight is 308 g/mol. The van der Waals surface area contributed by atoms with E-state index in [2.05, 4.69) is 69.4 Å². The molecule has 1 atom stereocenters. The Morgan fingerprint density at radius 2 is 1.91 bits per heavy atom. The van der Waals surface area contributed by atoms with E-state index in [0.29, 0.717) is 5.92 Å². The highest BCUT2D eigenvalue weighted by atomic mass is 15.4. The monoisotopic (exact) mass is 308 g/mol. The summed E-state index contributed by atoms with van der Waals surface area (Å²) >= 11 is 0. The number of hydrogen-bond acceptors (Lipinski definition) is 5. The highest BCUT2D eigenvalue weighted by Crippen LogP contribution is 2.44. The summed E-state index contributed by atoms with van der Waals surface area (Å²) in [6, 6.07) is 10.7. The quantitative estimate of drug-likeness (QED) is 0.728. The summed E-state index contributed by atoms with van der Waals surface area (Å²) in [5, 5.41) is 8.36. The number of aromatic nitrogens is 5. The van der Waals surface area contributed by atoms with Crippen LogP contribution in [0.25, 0.3) is 11.2 Å². The predicted molar refractivity (Wildman–Crippen MR) is 89.3 cm³/mol. The van der Waals surface area contributed by atoms with Crippen LogP contribution in [0.5, 0.6) is 0 Å². The average Bonchev–Trinajstić information content (AvgIpc) is 3.08. The van der Waals surface area contributed by atoms with Gasteiger partial charge in [0.1, 0.15) is 6.33 Å². The summed E-state index contributed by atoms with van der Waals surface area (Å²) in [6.45, 7) is 5.51. The van der Waals surface area contributed by atoms with E-state index in [0.717, 1.165) is 29.9 Å². The molecule has 6 heteroatoms. The SMILES string of the molecule is Cn1nnc2c(N3CCC(c4ccccc4)C3(C)C)ncnc21. The molecule has 2 aromatic heterocycles. The van der Waals surface area contributed by atoms with E-state index >= 15 is 0 Å². The Morgan fingerprint density at radius 3 is 2.70 bits per heavy atom. The number of fused-ring (bicyclic) bond motifs is 1. The Bertz CT molecular complexity index is 839. The molecule has 0 saturated carbocycles. The largest absolute Gasteiger partial charge is 0.349 e. The first kappa shape index (κ1) is 14.1. The first-order valence-electron chi connectivity index (χ1n) is 7.92. The van der Waals surface area contributed by atoms with Gasteiger partial charge < -0.3 is 4.90 Å². The van der Waals surface area contributed by atoms with Crippen molar-refractivity contribution in [2.45, 2.75) is 31.7 Å². The lowest BCUT2D eigenvalue weighted by molar-refractivity contribution is 0.454. The molecule has 1 unspecified atom stereocenters. The third-order valence-corrected chi connectivity index (χ3v) is 5.02. The van der Waals surface area contributed by atoms with Gasteiger partial charge in [-0.15, -0.1) is 5.10 Å². The van der Waals surface area contributed by atoms with Crippen molar-refractivity contribution in [1.82, 2.24) is 25.0 Å². The molecule has 0 aliphatic carbocycles. The van der Waals surface area contributed by atoms with Gasteiger partial charge in [0.15, 0.2) is 17.0 Å². The van der Waals surface area contributed by atoms with Crippen LogP contribution in [0, 0.1) is 0 Å². The summed E-state index contributed by atoms with van der Waals surface area (Å²) in [5.74, 6) is 1.34. The number of nitrogens with zero attached hydrogens (tertiary/aromatic N) is 6. The van der Waals surface area contributed by atoms with Gasteiger partial charge in [0.2, 0.25) is 0 Å². The zero-order chi connectivity index (χ0) is 16.0. The lowest BCUT2D eigenvalue weighted by Gasteiger charge is -2.37. The van der Waals surface area contributed by atoms with E-state index in [-0.39, 0.29) is 5.54 Å². The fraction of sp³-hybridized carbons (Fsp3) is 0.412. The molecule has 0 bridgehead atoms. The fourth-order valence-corrected chi connectivity index (χ4v) is 3.76. The second-order valence-corrected chi connectivity index (χ2v) is 6.64. The first-order valence-corrected chi connectivity index (χ1v) is 7.92. The van der Waals surface area contributed by atoms with Crippen LogP contribution in [0.15, 0.2) is 36.7 Å². The number of anilines is 1. The van der Waals surface area contributed by atoms with E-state index in [4.69, 9.17) is 0 Å². The Morgan fingerprint density at radius 1 is 1.13 bits per heavy atom. The Hall–Kier alpha value is -2.50. The highest BCUT2D eigenvalue weighted by molar-refractivity contribution is 5.83. The van der Waals surface area contributed by atoms with Gasteiger partial charge in [0.05, 0.1) is 0 Å². The van der Waals surface area contributed by atoms with Crippen LogP contribution in [0.1, 0.15) is 31.7 Å². The molecular formula is C17H20N6. The van der Waals surface area contributed by atoms with Crippen molar-refractivity contribution in [3.05, 3.63) is 42.2 Å². The molecule has 1 aliphatic rings. The molecule has 0 N–H and O–H groups in total. The van der Waals surface area contributed by atoms with E-state index in [1.54, 1.807) is 11.0 Å². The molecule has 4 rings (SSSR count). The standard InChI is InChI=1S/C17H20N6/c1-17(2)13(12-7-5-4-6-8-12)9-10-23(17)16-14-15(18-11-19-16)22(3)21-20-14/h4-8,11,13H,9-10H2,1-3H3. The van der Waals surface area contributed by atoms with Crippen molar-refractivity contribution in [2.75, 3.05) is 11.4 Å². The van der Waals surface area contributed by atoms with E-state index in [9.17, 15) is 0 Å². The zero-order valence-electron chi connectivity index (χ0n) is 13.6. The number of rotatable bonds is 2. The minimum Gasteiger partial charge on any atom is -0.349 e. The molecule has 118 valence electrons. The molecule has 23 heavy (non-hydrogen) atoms. The first-order chi connectivity index (χ1) is 11.1. The third-order valence-electron chi connectivity index (χ3n) is 5.02. The van der Waals surface area contributed by atoms with Gasteiger partial charge in [-0.3, -0.25) is 0 Å². The molecule has 3 heterocycles. The highest BCUT2D eigenvalue weighted by Gasteiger charge is 2.43. The van der Waals surface area contributed by atoms with E-state index < -0.39 is 0 Å². The van der Waals surface area contributed by atoms with Crippen LogP contribution in [-0.4, -0.2) is 37.0 Å². The van der Waals surface area contributed by atoms with Gasteiger partial charge in [-0.05, 0) is 25.8 Å². The van der Waals surface area contributed by atoms with Gasteiger partial charge in [-0.2, -0.15) is 0 Å². The maximum atomic E-state index is 4.52. The second-order valence-electron chi connectivity index (χ2n) is 6.64. The molecule has 3 aromatic rings. The van der Waals surface area contributed by atoms with E-state index in [1.165, 1.54) is 5.56 Å². The maximum absolute atomic E-state index is 4.52. The summed E-state index contributed by atoms with van der Waals surface area (Å²) in [7, 11) is 1.86. The van der Waals surface area contributed by atoms with Gasteiger partial charge in [-0.25, -0.2) is 14.6 Å². The van der Waals surface area contributed by atoms with Gasteiger partial charge >= 0.3 is 0 Å². The number of benzene rings is 1. The smallest absolute Gasteiger partial charge is 0.183 e. The maximum Gasteiger partial charge on any atom is 0.183 e. The minimum absolute atomic E-state index is 0.0415. The predicted octanol–water partition coefficient (Wildman–Crippen LogP) is 2.53. The summed E-state index contributed by atoms with van der Waals surface area (Å²) in [6.07, 6.45) is 2.70. The van der Waals surface area contributed by atoms with Crippen LogP contribution in [-0.2, 0) is 7.05 Å². The van der Waals surface area contributed by atoms with Crippen molar-refractivity contribution >= 4 is 17.0 Å². The molecular weight excluding hydrogens is 288 g/mol. The molecule has 6 nitrogen and oxygen atoms in total. The van der Waals surface area contributed by atoms with Gasteiger partial charge in [0.25, 0.3) is 0 Å². The second kappa shape index (κ2) is 5.01. The molecule has 1 saturated heterocycles. The molecule has 0 amide bonds. The Labute approximate surface area is 135 Å². The summed E-state index contributed by atoms with van der Waals surface area (Å²) in [5.41, 5.74) is 2.88.